The molecule has 1 atom stereocenters. The molecule has 1 aromatic carbocycles. The molecule has 0 radical (unpaired) electrons. The van der Waals surface area contributed by atoms with Crippen molar-refractivity contribution in [3.8, 4) is 5.75 Å². The predicted octanol–water partition coefficient (Wildman–Crippen LogP) is 0.323. The fourth-order valence-electron chi connectivity index (χ4n) is 1.97. The number of fused-ring (bicyclic) bond motifs is 1. The SMILES string of the molecule is CN(C)C(=O)CN(C)C(=O)C[C@@H]1Oc2ccccc2NC1=O. The quantitative estimate of drug-likeness (QED) is 0.869. The molecular formula is C15H19N3O4. The second-order valence-electron chi connectivity index (χ2n) is 5.33. The molecule has 0 fully saturated rings. The number of carbonyl (C=O) groups is 3. The Bertz CT molecular complexity index is 600. The van der Waals surface area contributed by atoms with E-state index in [9.17, 15) is 14.4 Å². The van der Waals surface area contributed by atoms with Gasteiger partial charge in [-0.05, 0) is 12.1 Å². The average molecular weight is 305 g/mol. The third-order valence-corrected chi connectivity index (χ3v) is 3.36. The van der Waals surface area contributed by atoms with E-state index in [-0.39, 0.29) is 30.7 Å². The number of hydrogen-bond donors (Lipinski definition) is 1. The molecule has 0 aromatic heterocycles. The summed E-state index contributed by atoms with van der Waals surface area (Å²) in [5.41, 5.74) is 0.590. The molecule has 3 amide bonds. The van der Waals surface area contributed by atoms with E-state index in [2.05, 4.69) is 5.32 Å². The summed E-state index contributed by atoms with van der Waals surface area (Å²) in [6, 6.07) is 7.03. The molecule has 7 heteroatoms. The van der Waals surface area contributed by atoms with Crippen LogP contribution in [0.15, 0.2) is 24.3 Å². The molecule has 0 spiro atoms. The summed E-state index contributed by atoms with van der Waals surface area (Å²) in [5.74, 6) is -0.337. The molecule has 22 heavy (non-hydrogen) atoms. The van der Waals surface area contributed by atoms with Crippen LogP contribution in [0.2, 0.25) is 0 Å². The first kappa shape index (κ1) is 15.8. The van der Waals surface area contributed by atoms with Gasteiger partial charge in [0.25, 0.3) is 5.91 Å². The average Bonchev–Trinajstić information content (AvgIpc) is 2.47. The van der Waals surface area contributed by atoms with E-state index in [1.165, 1.54) is 16.8 Å². The molecule has 0 bridgehead atoms. The zero-order chi connectivity index (χ0) is 16.3. The summed E-state index contributed by atoms with van der Waals surface area (Å²) in [6.45, 7) is -0.0310. The maximum absolute atomic E-state index is 12.1. The molecule has 1 heterocycles. The predicted molar refractivity (Wildman–Crippen MR) is 80.4 cm³/mol. The van der Waals surface area contributed by atoms with Crippen molar-refractivity contribution in [1.82, 2.24) is 9.80 Å². The normalized spacial score (nSPS) is 16.1. The Balaban J connectivity index is 1.97. The van der Waals surface area contributed by atoms with E-state index in [4.69, 9.17) is 4.74 Å². The highest BCUT2D eigenvalue weighted by molar-refractivity contribution is 6.00. The van der Waals surface area contributed by atoms with Crippen LogP contribution in [0, 0.1) is 0 Å². The minimum atomic E-state index is -0.890. The highest BCUT2D eigenvalue weighted by Crippen LogP contribution is 2.29. The number of rotatable bonds is 4. The molecule has 1 N–H and O–H groups in total. The Morgan fingerprint density at radius 3 is 2.55 bits per heavy atom. The minimum absolute atomic E-state index is 0.0310. The van der Waals surface area contributed by atoms with Crippen LogP contribution in [0.3, 0.4) is 0 Å². The number of nitrogens with one attached hydrogen (secondary N) is 1. The zero-order valence-corrected chi connectivity index (χ0v) is 12.8. The number of likely N-dealkylation sites (N-methyl/N-ethyl adjacent to an activating group) is 2. The Morgan fingerprint density at radius 1 is 1.18 bits per heavy atom. The molecular weight excluding hydrogens is 286 g/mol. The number of nitrogens with zero attached hydrogens (tertiary/aromatic N) is 2. The van der Waals surface area contributed by atoms with Crippen LogP contribution < -0.4 is 10.1 Å². The molecule has 0 saturated carbocycles. The van der Waals surface area contributed by atoms with Gasteiger partial charge in [-0.25, -0.2) is 0 Å². The van der Waals surface area contributed by atoms with Gasteiger partial charge < -0.3 is 19.9 Å². The van der Waals surface area contributed by atoms with Crippen LogP contribution in [0.1, 0.15) is 6.42 Å². The molecule has 7 nitrogen and oxygen atoms in total. The van der Waals surface area contributed by atoms with E-state index >= 15 is 0 Å². The molecule has 1 aliphatic heterocycles. The maximum Gasteiger partial charge on any atom is 0.266 e. The molecule has 0 aliphatic carbocycles. The van der Waals surface area contributed by atoms with Gasteiger partial charge in [0.15, 0.2) is 6.10 Å². The van der Waals surface area contributed by atoms with Crippen molar-refractivity contribution in [1.29, 1.82) is 0 Å². The Morgan fingerprint density at radius 2 is 1.86 bits per heavy atom. The van der Waals surface area contributed by atoms with E-state index in [1.807, 2.05) is 0 Å². The lowest BCUT2D eigenvalue weighted by atomic mass is 10.1. The largest absolute Gasteiger partial charge is 0.478 e. The van der Waals surface area contributed by atoms with Gasteiger partial charge in [-0.15, -0.1) is 0 Å². The van der Waals surface area contributed by atoms with E-state index < -0.39 is 6.10 Å². The summed E-state index contributed by atoms with van der Waals surface area (Å²) in [7, 11) is 4.77. The zero-order valence-electron chi connectivity index (χ0n) is 12.8. The summed E-state index contributed by atoms with van der Waals surface area (Å²) >= 11 is 0. The topological polar surface area (TPSA) is 79.0 Å². The monoisotopic (exact) mass is 305 g/mol. The second-order valence-corrected chi connectivity index (χ2v) is 5.33. The third kappa shape index (κ3) is 3.55. The van der Waals surface area contributed by atoms with Crippen LogP contribution in [-0.2, 0) is 14.4 Å². The molecule has 0 unspecified atom stereocenters. The number of benzene rings is 1. The lowest BCUT2D eigenvalue weighted by Crippen LogP contribution is -2.43. The lowest BCUT2D eigenvalue weighted by molar-refractivity contribution is -0.140. The summed E-state index contributed by atoms with van der Waals surface area (Å²) < 4.78 is 5.56. The fraction of sp³-hybridized carbons (Fsp3) is 0.400. The summed E-state index contributed by atoms with van der Waals surface area (Å²) in [6.07, 6.45) is -1.00. The summed E-state index contributed by atoms with van der Waals surface area (Å²) in [4.78, 5) is 38.4. The highest BCUT2D eigenvalue weighted by Gasteiger charge is 2.30. The van der Waals surface area contributed by atoms with Gasteiger partial charge in [-0.3, -0.25) is 14.4 Å². The van der Waals surface area contributed by atoms with Crippen molar-refractivity contribution in [2.24, 2.45) is 0 Å². The third-order valence-electron chi connectivity index (χ3n) is 3.36. The van der Waals surface area contributed by atoms with Crippen molar-refractivity contribution in [2.75, 3.05) is 33.0 Å². The molecule has 0 saturated heterocycles. The number of hydrogen-bond acceptors (Lipinski definition) is 4. The number of carbonyl (C=O) groups excluding carboxylic acids is 3. The smallest absolute Gasteiger partial charge is 0.266 e. The van der Waals surface area contributed by atoms with Crippen molar-refractivity contribution in [3.05, 3.63) is 24.3 Å². The van der Waals surface area contributed by atoms with Crippen LogP contribution in [-0.4, -0.2) is 61.3 Å². The number of amides is 3. The molecule has 1 aliphatic rings. The fourth-order valence-corrected chi connectivity index (χ4v) is 1.97. The molecule has 2 rings (SSSR count). The first-order chi connectivity index (χ1) is 10.4. The molecule has 1 aromatic rings. The Labute approximate surface area is 128 Å². The van der Waals surface area contributed by atoms with Crippen LogP contribution >= 0.6 is 0 Å². The number of para-hydroxylation sites is 2. The van der Waals surface area contributed by atoms with Gasteiger partial charge in [0.05, 0.1) is 18.7 Å². The van der Waals surface area contributed by atoms with Gasteiger partial charge >= 0.3 is 0 Å². The standard InChI is InChI=1S/C15H19N3O4/c1-17(2)14(20)9-18(3)13(19)8-12-15(21)16-10-6-4-5-7-11(10)22-12/h4-7,12H,8-9H2,1-3H3,(H,16,21)/t12-/m0/s1. The van der Waals surface area contributed by atoms with Crippen molar-refractivity contribution in [3.63, 3.8) is 0 Å². The van der Waals surface area contributed by atoms with Gasteiger partial charge in [0.1, 0.15) is 5.75 Å². The van der Waals surface area contributed by atoms with Gasteiger partial charge in [-0.1, -0.05) is 12.1 Å². The minimum Gasteiger partial charge on any atom is -0.478 e. The number of anilines is 1. The Hall–Kier alpha value is -2.57. The van der Waals surface area contributed by atoms with Crippen LogP contribution in [0.25, 0.3) is 0 Å². The van der Waals surface area contributed by atoms with Crippen LogP contribution in [0.5, 0.6) is 5.75 Å². The highest BCUT2D eigenvalue weighted by atomic mass is 16.5. The van der Waals surface area contributed by atoms with Crippen molar-refractivity contribution in [2.45, 2.75) is 12.5 Å². The van der Waals surface area contributed by atoms with Crippen LogP contribution in [0.4, 0.5) is 5.69 Å². The lowest BCUT2D eigenvalue weighted by Gasteiger charge is -2.27. The first-order valence-corrected chi connectivity index (χ1v) is 6.89. The second kappa shape index (κ2) is 6.46. The van der Waals surface area contributed by atoms with Gasteiger partial charge in [0.2, 0.25) is 11.8 Å². The maximum atomic E-state index is 12.1. The van der Waals surface area contributed by atoms with Gasteiger partial charge in [0, 0.05) is 21.1 Å². The Kier molecular flexibility index (Phi) is 4.65. The van der Waals surface area contributed by atoms with Crippen molar-refractivity contribution >= 4 is 23.4 Å². The van der Waals surface area contributed by atoms with E-state index in [0.717, 1.165) is 0 Å². The summed E-state index contributed by atoms with van der Waals surface area (Å²) in [5, 5.41) is 2.70. The van der Waals surface area contributed by atoms with Crippen molar-refractivity contribution < 1.29 is 19.1 Å². The first-order valence-electron chi connectivity index (χ1n) is 6.89. The van der Waals surface area contributed by atoms with Gasteiger partial charge in [-0.2, -0.15) is 0 Å². The number of ether oxygens (including phenoxy) is 1. The van der Waals surface area contributed by atoms with E-state index in [1.54, 1.807) is 38.4 Å². The molecule has 118 valence electrons. The van der Waals surface area contributed by atoms with E-state index in [0.29, 0.717) is 11.4 Å².